The van der Waals surface area contributed by atoms with E-state index in [0.29, 0.717) is 18.8 Å². The first-order valence-electron chi connectivity index (χ1n) is 9.41. The summed E-state index contributed by atoms with van der Waals surface area (Å²) in [7, 11) is 1.64. The van der Waals surface area contributed by atoms with Crippen molar-refractivity contribution in [2.45, 2.75) is 20.4 Å². The van der Waals surface area contributed by atoms with Crippen LogP contribution in [0.4, 0.5) is 5.69 Å². The topological polar surface area (TPSA) is 75.0 Å². The van der Waals surface area contributed by atoms with Crippen molar-refractivity contribution in [3.63, 3.8) is 0 Å². The zero-order chi connectivity index (χ0) is 20.1. The molecule has 1 aromatic heterocycles. The molecule has 0 atom stereocenters. The van der Waals surface area contributed by atoms with Crippen LogP contribution in [-0.2, 0) is 16.1 Å². The second-order valence-electron chi connectivity index (χ2n) is 7.36. The van der Waals surface area contributed by atoms with Crippen molar-refractivity contribution in [2.75, 3.05) is 38.2 Å². The summed E-state index contributed by atoms with van der Waals surface area (Å²) < 4.78 is 10.4. The summed E-state index contributed by atoms with van der Waals surface area (Å²) in [5.41, 5.74) is -0.0298. The summed E-state index contributed by atoms with van der Waals surface area (Å²) >= 11 is 0. The fraction of sp³-hybridized carbons (Fsp3) is 0.429. The van der Waals surface area contributed by atoms with Crippen molar-refractivity contribution in [2.24, 2.45) is 5.41 Å². The average Bonchev–Trinajstić information content (AvgIpc) is 3.25. The number of anilines is 1. The fourth-order valence-corrected chi connectivity index (χ4v) is 3.25. The largest absolute Gasteiger partial charge is 0.497 e. The highest BCUT2D eigenvalue weighted by Crippen LogP contribution is 2.24. The van der Waals surface area contributed by atoms with Crippen molar-refractivity contribution in [1.29, 1.82) is 0 Å². The molecule has 1 saturated heterocycles. The van der Waals surface area contributed by atoms with E-state index >= 15 is 0 Å². The fourth-order valence-electron chi connectivity index (χ4n) is 3.25. The highest BCUT2D eigenvalue weighted by atomic mass is 16.5. The van der Waals surface area contributed by atoms with Gasteiger partial charge in [-0.1, -0.05) is 0 Å². The lowest BCUT2D eigenvalue weighted by atomic mass is 9.90. The molecule has 2 amide bonds. The lowest BCUT2D eigenvalue weighted by molar-refractivity contribution is -0.148. The van der Waals surface area contributed by atoms with Crippen molar-refractivity contribution < 1.29 is 18.7 Å². The predicted octanol–water partition coefficient (Wildman–Crippen LogP) is 2.28. The number of benzene rings is 1. The van der Waals surface area contributed by atoms with E-state index in [0.717, 1.165) is 24.5 Å². The quantitative estimate of drug-likeness (QED) is 0.772. The van der Waals surface area contributed by atoms with E-state index in [2.05, 4.69) is 10.2 Å². The Morgan fingerprint density at radius 1 is 1.11 bits per heavy atom. The van der Waals surface area contributed by atoms with Crippen LogP contribution in [0.15, 0.2) is 47.1 Å². The smallest absolute Gasteiger partial charge is 0.237 e. The van der Waals surface area contributed by atoms with Gasteiger partial charge in [0.05, 0.1) is 19.9 Å². The lowest BCUT2D eigenvalue weighted by Gasteiger charge is -2.39. The first-order valence-corrected chi connectivity index (χ1v) is 9.41. The van der Waals surface area contributed by atoms with Crippen LogP contribution in [0.2, 0.25) is 0 Å². The predicted molar refractivity (Wildman–Crippen MR) is 106 cm³/mol. The van der Waals surface area contributed by atoms with Crippen LogP contribution in [0, 0.1) is 5.41 Å². The first-order chi connectivity index (χ1) is 13.4. The Bertz CT molecular complexity index is 792. The molecule has 1 aliphatic heterocycles. The number of furan rings is 1. The summed E-state index contributed by atoms with van der Waals surface area (Å²) in [5.74, 6) is 1.02. The molecule has 28 heavy (non-hydrogen) atoms. The number of amides is 2. The Morgan fingerprint density at radius 2 is 1.79 bits per heavy atom. The highest BCUT2D eigenvalue weighted by Gasteiger charge is 2.40. The number of piperazine rings is 1. The lowest BCUT2D eigenvalue weighted by Crippen LogP contribution is -2.55. The maximum Gasteiger partial charge on any atom is 0.237 e. The van der Waals surface area contributed by atoms with Crippen molar-refractivity contribution in [1.82, 2.24) is 10.2 Å². The van der Waals surface area contributed by atoms with Crippen LogP contribution < -0.4 is 15.0 Å². The minimum atomic E-state index is -1.13. The number of nitrogens with zero attached hydrogens (tertiary/aromatic N) is 2. The zero-order valence-corrected chi connectivity index (χ0v) is 16.6. The normalized spacial score (nSPS) is 14.7. The second kappa shape index (κ2) is 8.37. The molecule has 0 aliphatic carbocycles. The molecule has 0 saturated carbocycles. The molecule has 150 valence electrons. The summed E-state index contributed by atoms with van der Waals surface area (Å²) in [6.07, 6.45) is 1.56. The van der Waals surface area contributed by atoms with Gasteiger partial charge in [0.1, 0.15) is 16.9 Å². The van der Waals surface area contributed by atoms with E-state index in [1.165, 1.54) is 0 Å². The average molecular weight is 385 g/mol. The molecular formula is C21H27N3O4. The molecule has 2 aromatic rings. The van der Waals surface area contributed by atoms with Crippen LogP contribution in [0.25, 0.3) is 0 Å². The molecule has 0 bridgehead atoms. The standard InChI is InChI=1S/C21H27N3O4/c1-21(2,19(25)22-15-18-5-4-14-28-18)20(26)24-12-10-23(11-13-24)16-6-8-17(27-3)9-7-16/h4-9,14H,10-13,15H2,1-3H3,(H,22,25). The van der Waals surface area contributed by atoms with E-state index in [1.54, 1.807) is 44.3 Å². The number of nitrogens with one attached hydrogen (secondary N) is 1. The Hall–Kier alpha value is -2.96. The zero-order valence-electron chi connectivity index (χ0n) is 16.6. The van der Waals surface area contributed by atoms with Gasteiger partial charge in [0.2, 0.25) is 11.8 Å². The van der Waals surface area contributed by atoms with E-state index in [9.17, 15) is 9.59 Å². The van der Waals surface area contributed by atoms with Gasteiger partial charge in [-0.25, -0.2) is 0 Å². The number of carbonyl (C=O) groups is 2. The Kier molecular flexibility index (Phi) is 5.92. The number of carbonyl (C=O) groups excluding carboxylic acids is 2. The second-order valence-corrected chi connectivity index (χ2v) is 7.36. The van der Waals surface area contributed by atoms with E-state index in [1.807, 2.05) is 24.3 Å². The number of rotatable bonds is 6. The molecule has 2 heterocycles. The van der Waals surface area contributed by atoms with Gasteiger partial charge >= 0.3 is 0 Å². The highest BCUT2D eigenvalue weighted by molar-refractivity contribution is 6.04. The van der Waals surface area contributed by atoms with Crippen molar-refractivity contribution >= 4 is 17.5 Å². The van der Waals surface area contributed by atoms with Crippen LogP contribution in [-0.4, -0.2) is 50.0 Å². The van der Waals surface area contributed by atoms with E-state index in [4.69, 9.17) is 9.15 Å². The SMILES string of the molecule is COc1ccc(N2CCN(C(=O)C(C)(C)C(=O)NCc3ccco3)CC2)cc1. The molecule has 1 aromatic carbocycles. The number of ether oxygens (including phenoxy) is 1. The monoisotopic (exact) mass is 385 g/mol. The van der Waals surface area contributed by atoms with Gasteiger partial charge in [0.15, 0.2) is 0 Å². The van der Waals surface area contributed by atoms with E-state index in [-0.39, 0.29) is 18.4 Å². The molecule has 7 nitrogen and oxygen atoms in total. The summed E-state index contributed by atoms with van der Waals surface area (Å²) in [6.45, 7) is 6.23. The van der Waals surface area contributed by atoms with Crippen LogP contribution in [0.1, 0.15) is 19.6 Å². The Balaban J connectivity index is 1.54. The summed E-state index contributed by atoms with van der Waals surface area (Å²) in [6, 6.07) is 11.4. The van der Waals surface area contributed by atoms with Gasteiger partial charge in [0, 0.05) is 31.9 Å². The van der Waals surface area contributed by atoms with Gasteiger partial charge in [-0.3, -0.25) is 9.59 Å². The van der Waals surface area contributed by atoms with Gasteiger partial charge < -0.3 is 24.3 Å². The molecule has 0 unspecified atom stereocenters. The minimum Gasteiger partial charge on any atom is -0.497 e. The molecule has 3 rings (SSSR count). The maximum atomic E-state index is 13.0. The van der Waals surface area contributed by atoms with Crippen molar-refractivity contribution in [3.8, 4) is 5.75 Å². The molecule has 1 fully saturated rings. The van der Waals surface area contributed by atoms with Crippen LogP contribution in [0.5, 0.6) is 5.75 Å². The summed E-state index contributed by atoms with van der Waals surface area (Å²) in [5, 5.41) is 2.79. The third-order valence-electron chi connectivity index (χ3n) is 5.11. The van der Waals surface area contributed by atoms with Crippen LogP contribution in [0.3, 0.4) is 0 Å². The Labute approximate surface area is 165 Å². The van der Waals surface area contributed by atoms with Crippen LogP contribution >= 0.6 is 0 Å². The number of hydrogen-bond donors (Lipinski definition) is 1. The molecule has 7 heteroatoms. The Morgan fingerprint density at radius 3 is 2.36 bits per heavy atom. The van der Waals surface area contributed by atoms with Gasteiger partial charge in [-0.2, -0.15) is 0 Å². The minimum absolute atomic E-state index is 0.154. The van der Waals surface area contributed by atoms with Gasteiger partial charge in [0.25, 0.3) is 0 Å². The van der Waals surface area contributed by atoms with Crippen molar-refractivity contribution in [3.05, 3.63) is 48.4 Å². The maximum absolute atomic E-state index is 13.0. The third kappa shape index (κ3) is 4.30. The number of hydrogen-bond acceptors (Lipinski definition) is 5. The third-order valence-corrected chi connectivity index (χ3v) is 5.11. The molecule has 1 N–H and O–H groups in total. The molecule has 0 radical (unpaired) electrons. The number of methoxy groups -OCH3 is 1. The van der Waals surface area contributed by atoms with E-state index < -0.39 is 5.41 Å². The van der Waals surface area contributed by atoms with Gasteiger partial charge in [-0.05, 0) is 50.2 Å². The summed E-state index contributed by atoms with van der Waals surface area (Å²) in [4.78, 5) is 29.5. The first kappa shape index (κ1) is 19.8. The molecule has 1 aliphatic rings. The van der Waals surface area contributed by atoms with Gasteiger partial charge in [-0.15, -0.1) is 0 Å². The molecule has 0 spiro atoms. The molecular weight excluding hydrogens is 358 g/mol.